The molecule has 1 aliphatic rings. The summed E-state index contributed by atoms with van der Waals surface area (Å²) in [5, 5.41) is 2.38. The highest BCUT2D eigenvalue weighted by Gasteiger charge is 2.19. The normalized spacial score (nSPS) is 13.5. The predicted octanol–water partition coefficient (Wildman–Crippen LogP) is 1.88. The fraction of sp³-hybridized carbons (Fsp3) is 0.333. The summed E-state index contributed by atoms with van der Waals surface area (Å²) in [5.74, 6) is 0.923. The van der Waals surface area contributed by atoms with Crippen LogP contribution in [-0.4, -0.2) is 44.5 Å². The molecule has 0 bridgehead atoms. The van der Waals surface area contributed by atoms with Crippen LogP contribution in [0.4, 0.5) is 5.69 Å². The molecule has 0 unspecified atom stereocenters. The van der Waals surface area contributed by atoms with Gasteiger partial charge in [0.2, 0.25) is 0 Å². The van der Waals surface area contributed by atoms with Crippen molar-refractivity contribution in [1.29, 1.82) is 0 Å². The maximum absolute atomic E-state index is 11.6. The lowest BCUT2D eigenvalue weighted by atomic mass is 9.98. The highest BCUT2D eigenvalue weighted by Crippen LogP contribution is 2.33. The molecule has 7 heteroatoms. The smallest absolute Gasteiger partial charge is 0.314 e. The number of carbonyl (C=O) groups is 1. The highest BCUT2D eigenvalue weighted by molar-refractivity contribution is 6.00. The number of nitrogens with two attached hydrogens (primary N) is 1. The Balaban J connectivity index is 1.69. The number of anilines is 1. The third-order valence-corrected chi connectivity index (χ3v) is 5.05. The van der Waals surface area contributed by atoms with E-state index in [9.17, 15) is 9.59 Å². The molecule has 3 N–H and O–H groups in total. The summed E-state index contributed by atoms with van der Waals surface area (Å²) in [6, 6.07) is 9.40. The van der Waals surface area contributed by atoms with E-state index in [1.807, 2.05) is 12.1 Å². The van der Waals surface area contributed by atoms with E-state index in [4.69, 9.17) is 15.2 Å². The summed E-state index contributed by atoms with van der Waals surface area (Å²) < 4.78 is 10.8. The summed E-state index contributed by atoms with van der Waals surface area (Å²) in [7, 11) is 3.29. The zero-order valence-corrected chi connectivity index (χ0v) is 16.1. The summed E-state index contributed by atoms with van der Waals surface area (Å²) in [6.07, 6.45) is 3.29. The van der Waals surface area contributed by atoms with Crippen LogP contribution >= 0.6 is 0 Å². The van der Waals surface area contributed by atoms with Crippen molar-refractivity contribution in [3.63, 3.8) is 0 Å². The summed E-state index contributed by atoms with van der Waals surface area (Å²) in [6.45, 7) is 2.63. The van der Waals surface area contributed by atoms with E-state index < -0.39 is 5.91 Å². The van der Waals surface area contributed by atoms with Crippen molar-refractivity contribution in [3.05, 3.63) is 52.6 Å². The topological polar surface area (TPSA) is 93.9 Å². The number of nitrogens with one attached hydrogen (secondary N) is 1. The van der Waals surface area contributed by atoms with Gasteiger partial charge in [-0.1, -0.05) is 6.07 Å². The molecule has 2 aromatic rings. The van der Waals surface area contributed by atoms with Gasteiger partial charge in [0.15, 0.2) is 11.5 Å². The van der Waals surface area contributed by atoms with Crippen LogP contribution in [0.2, 0.25) is 0 Å². The van der Waals surface area contributed by atoms with Crippen LogP contribution < -0.4 is 20.5 Å². The minimum Gasteiger partial charge on any atom is -0.493 e. The van der Waals surface area contributed by atoms with Gasteiger partial charge in [-0.3, -0.25) is 14.5 Å². The van der Waals surface area contributed by atoms with Crippen LogP contribution in [0.25, 0.3) is 0 Å². The van der Waals surface area contributed by atoms with Crippen LogP contribution in [0.15, 0.2) is 30.3 Å². The standard InChI is InChI=1S/C21H24N3O4/c1-27-19-10-15-6-8-24(12-16(15)11-20(19)28-2)7-5-14-3-4-18(23-13-25)17(9-14)21(22)26/h3-4,9-11H,5-8,12H2,1-2H3,(H2,22,26)(H,23,25). The Hall–Kier alpha value is -3.06. The number of rotatable bonds is 8. The quantitative estimate of drug-likeness (QED) is 0.680. The predicted molar refractivity (Wildman–Crippen MR) is 107 cm³/mol. The van der Waals surface area contributed by atoms with Gasteiger partial charge in [0.1, 0.15) is 0 Å². The monoisotopic (exact) mass is 382 g/mol. The van der Waals surface area contributed by atoms with Gasteiger partial charge in [-0.25, -0.2) is 0 Å². The number of carbonyl (C=O) groups excluding carboxylic acids is 2. The fourth-order valence-electron chi connectivity index (χ4n) is 3.53. The van der Waals surface area contributed by atoms with Gasteiger partial charge in [0.25, 0.3) is 5.91 Å². The van der Waals surface area contributed by atoms with E-state index in [-0.39, 0.29) is 0 Å². The van der Waals surface area contributed by atoms with Crippen molar-refractivity contribution in [2.75, 3.05) is 32.6 Å². The fourth-order valence-corrected chi connectivity index (χ4v) is 3.53. The molecule has 1 radical (unpaired) electrons. The third-order valence-electron chi connectivity index (χ3n) is 5.05. The molecule has 2 aromatic carbocycles. The van der Waals surface area contributed by atoms with E-state index in [2.05, 4.69) is 16.3 Å². The largest absolute Gasteiger partial charge is 0.493 e. The van der Waals surface area contributed by atoms with Crippen molar-refractivity contribution in [2.24, 2.45) is 5.73 Å². The van der Waals surface area contributed by atoms with Gasteiger partial charge in [0, 0.05) is 19.6 Å². The van der Waals surface area contributed by atoms with Crippen LogP contribution in [0, 0.1) is 0 Å². The molecule has 3 rings (SSSR count). The Morgan fingerprint density at radius 1 is 1.18 bits per heavy atom. The summed E-state index contributed by atoms with van der Waals surface area (Å²) >= 11 is 0. The van der Waals surface area contributed by atoms with Crippen LogP contribution in [0.1, 0.15) is 27.0 Å². The lowest BCUT2D eigenvalue weighted by Crippen LogP contribution is -2.32. The number of methoxy groups -OCH3 is 2. The first kappa shape index (κ1) is 19.7. The van der Waals surface area contributed by atoms with Gasteiger partial charge in [0.05, 0.1) is 25.5 Å². The first-order valence-electron chi connectivity index (χ1n) is 9.07. The number of hydrogen-bond acceptors (Lipinski definition) is 5. The molecule has 0 spiro atoms. The van der Waals surface area contributed by atoms with Crippen molar-refractivity contribution in [1.82, 2.24) is 4.90 Å². The van der Waals surface area contributed by atoms with E-state index >= 15 is 0 Å². The van der Waals surface area contributed by atoms with E-state index in [0.717, 1.165) is 49.5 Å². The zero-order chi connectivity index (χ0) is 20.1. The Bertz CT molecular complexity index is 882. The number of benzene rings is 2. The molecular formula is C21H24N3O4. The molecule has 7 nitrogen and oxygen atoms in total. The molecule has 147 valence electrons. The Labute approximate surface area is 164 Å². The highest BCUT2D eigenvalue weighted by atomic mass is 16.5. The first-order valence-corrected chi connectivity index (χ1v) is 9.07. The number of hydrogen-bond donors (Lipinski definition) is 2. The van der Waals surface area contributed by atoms with Crippen LogP contribution in [0.3, 0.4) is 0 Å². The van der Waals surface area contributed by atoms with Crippen molar-refractivity contribution >= 4 is 18.0 Å². The molecule has 0 atom stereocenters. The number of nitrogens with zero attached hydrogens (tertiary/aromatic N) is 1. The van der Waals surface area contributed by atoms with E-state index in [1.54, 1.807) is 32.8 Å². The minimum absolute atomic E-state index is 0.293. The summed E-state index contributed by atoms with van der Waals surface area (Å²) in [4.78, 5) is 24.5. The van der Waals surface area contributed by atoms with Crippen molar-refractivity contribution < 1.29 is 19.1 Å². The molecular weight excluding hydrogens is 358 g/mol. The van der Waals surface area contributed by atoms with Crippen molar-refractivity contribution in [2.45, 2.75) is 19.4 Å². The second kappa shape index (κ2) is 8.75. The van der Waals surface area contributed by atoms with E-state index in [0.29, 0.717) is 11.3 Å². The van der Waals surface area contributed by atoms with Crippen molar-refractivity contribution in [3.8, 4) is 11.5 Å². The number of fused-ring (bicyclic) bond motifs is 1. The molecule has 0 saturated carbocycles. The Morgan fingerprint density at radius 3 is 2.54 bits per heavy atom. The second-order valence-corrected chi connectivity index (χ2v) is 6.72. The molecule has 2 amide bonds. The lowest BCUT2D eigenvalue weighted by Gasteiger charge is -2.29. The average molecular weight is 382 g/mol. The molecule has 0 aliphatic carbocycles. The maximum Gasteiger partial charge on any atom is 0.314 e. The van der Waals surface area contributed by atoms with E-state index in [1.165, 1.54) is 11.1 Å². The van der Waals surface area contributed by atoms with Gasteiger partial charge >= 0.3 is 6.41 Å². The molecule has 0 saturated heterocycles. The molecule has 0 aromatic heterocycles. The summed E-state index contributed by atoms with van der Waals surface area (Å²) in [5.41, 5.74) is 9.59. The molecule has 0 fully saturated rings. The minimum atomic E-state index is -0.576. The molecule has 28 heavy (non-hydrogen) atoms. The van der Waals surface area contributed by atoms with Gasteiger partial charge in [-0.15, -0.1) is 0 Å². The first-order chi connectivity index (χ1) is 13.5. The Morgan fingerprint density at radius 2 is 1.89 bits per heavy atom. The SMILES string of the molecule is COc1cc2c(cc1OC)CN(CCc1ccc(N[C]=O)c(C(N)=O)c1)CC2. The average Bonchev–Trinajstić information content (AvgIpc) is 2.71. The van der Waals surface area contributed by atoms with Gasteiger partial charge in [-0.2, -0.15) is 0 Å². The molecule has 1 heterocycles. The van der Waals surface area contributed by atoms with Crippen LogP contribution in [-0.2, 0) is 24.2 Å². The zero-order valence-electron chi connectivity index (χ0n) is 16.1. The number of primary amides is 1. The van der Waals surface area contributed by atoms with Gasteiger partial charge < -0.3 is 20.5 Å². The maximum atomic E-state index is 11.6. The number of ether oxygens (including phenoxy) is 2. The third kappa shape index (κ3) is 4.26. The Kier molecular flexibility index (Phi) is 6.16. The number of amides is 2. The molecule has 1 aliphatic heterocycles. The lowest BCUT2D eigenvalue weighted by molar-refractivity contribution is 0.100. The van der Waals surface area contributed by atoms with Crippen LogP contribution in [0.5, 0.6) is 11.5 Å². The second-order valence-electron chi connectivity index (χ2n) is 6.72. The van der Waals surface area contributed by atoms with Gasteiger partial charge in [-0.05, 0) is 53.8 Å².